The Labute approximate surface area is 138 Å². The molecule has 0 fully saturated rings. The van der Waals surface area contributed by atoms with Crippen LogP contribution in [0.3, 0.4) is 0 Å². The molecular formula is C17H19N3O2S. The fraction of sp³-hybridized carbons (Fsp3) is 0.294. The molecule has 0 aliphatic rings. The molecule has 2 heterocycles. The van der Waals surface area contributed by atoms with Gasteiger partial charge in [-0.2, -0.15) is 0 Å². The standard InChI is InChI=1S/C17H19N3O2S/c1-11(2)17-20-14-6-5-12(8-15(14)23-17)18-10-16(21)19-9-13-4-3-7-22-13/h3-8,11,18H,9-10H2,1-2H3,(H,19,21). The van der Waals surface area contributed by atoms with Gasteiger partial charge >= 0.3 is 0 Å². The molecule has 0 radical (unpaired) electrons. The molecule has 6 heteroatoms. The summed E-state index contributed by atoms with van der Waals surface area (Å²) in [5.41, 5.74) is 1.93. The number of rotatable bonds is 6. The third-order valence-corrected chi connectivity index (χ3v) is 4.71. The van der Waals surface area contributed by atoms with Gasteiger partial charge in [-0.15, -0.1) is 11.3 Å². The highest BCUT2D eigenvalue weighted by atomic mass is 32.1. The van der Waals surface area contributed by atoms with Crippen LogP contribution in [0, 0.1) is 0 Å². The lowest BCUT2D eigenvalue weighted by atomic mass is 10.2. The molecule has 5 nitrogen and oxygen atoms in total. The predicted molar refractivity (Wildman–Crippen MR) is 92.8 cm³/mol. The zero-order valence-electron chi connectivity index (χ0n) is 13.1. The molecule has 0 saturated heterocycles. The van der Waals surface area contributed by atoms with Crippen molar-refractivity contribution >= 4 is 33.1 Å². The number of carbonyl (C=O) groups excluding carboxylic acids is 1. The van der Waals surface area contributed by atoms with Crippen LogP contribution in [0.25, 0.3) is 10.2 Å². The van der Waals surface area contributed by atoms with Crippen LogP contribution in [0.4, 0.5) is 5.69 Å². The predicted octanol–water partition coefficient (Wildman–Crippen LogP) is 3.74. The van der Waals surface area contributed by atoms with Crippen LogP contribution in [-0.2, 0) is 11.3 Å². The molecule has 1 amide bonds. The number of fused-ring (bicyclic) bond motifs is 1. The Kier molecular flexibility index (Phi) is 4.62. The van der Waals surface area contributed by atoms with Crippen LogP contribution in [0.5, 0.6) is 0 Å². The van der Waals surface area contributed by atoms with E-state index in [-0.39, 0.29) is 12.5 Å². The monoisotopic (exact) mass is 329 g/mol. The van der Waals surface area contributed by atoms with E-state index in [0.29, 0.717) is 12.5 Å². The molecule has 3 rings (SSSR count). The van der Waals surface area contributed by atoms with E-state index in [9.17, 15) is 4.79 Å². The van der Waals surface area contributed by atoms with Gasteiger partial charge in [0.15, 0.2) is 0 Å². The van der Waals surface area contributed by atoms with Gasteiger partial charge in [-0.05, 0) is 30.3 Å². The summed E-state index contributed by atoms with van der Waals surface area (Å²) in [6.45, 7) is 4.90. The number of nitrogens with zero attached hydrogens (tertiary/aromatic N) is 1. The quantitative estimate of drug-likeness (QED) is 0.723. The number of hydrogen-bond donors (Lipinski definition) is 2. The van der Waals surface area contributed by atoms with Gasteiger partial charge in [-0.3, -0.25) is 4.79 Å². The third-order valence-electron chi connectivity index (χ3n) is 3.39. The Bertz CT molecular complexity index is 793. The number of benzene rings is 1. The molecule has 2 aromatic heterocycles. The van der Waals surface area contributed by atoms with E-state index in [0.717, 1.165) is 26.7 Å². The zero-order valence-corrected chi connectivity index (χ0v) is 13.9. The minimum atomic E-state index is -0.0753. The molecule has 3 aromatic rings. The first-order valence-corrected chi connectivity index (χ1v) is 8.37. The lowest BCUT2D eigenvalue weighted by Gasteiger charge is -2.06. The fourth-order valence-corrected chi connectivity index (χ4v) is 3.15. The van der Waals surface area contributed by atoms with Gasteiger partial charge in [0.1, 0.15) is 5.76 Å². The van der Waals surface area contributed by atoms with Gasteiger partial charge in [-0.1, -0.05) is 13.8 Å². The molecule has 0 aliphatic heterocycles. The molecule has 23 heavy (non-hydrogen) atoms. The summed E-state index contributed by atoms with van der Waals surface area (Å²) in [5.74, 6) is 1.09. The Morgan fingerprint density at radius 3 is 2.96 bits per heavy atom. The average Bonchev–Trinajstić information content (AvgIpc) is 3.19. The van der Waals surface area contributed by atoms with E-state index in [1.54, 1.807) is 23.7 Å². The number of furan rings is 1. The number of thiazole rings is 1. The molecule has 0 bridgehead atoms. The van der Waals surface area contributed by atoms with Crippen molar-refractivity contribution in [3.05, 3.63) is 47.4 Å². The average molecular weight is 329 g/mol. The van der Waals surface area contributed by atoms with Crippen molar-refractivity contribution in [1.82, 2.24) is 10.3 Å². The van der Waals surface area contributed by atoms with Crippen molar-refractivity contribution in [3.63, 3.8) is 0 Å². The number of anilines is 1. The molecule has 1 aromatic carbocycles. The smallest absolute Gasteiger partial charge is 0.239 e. The van der Waals surface area contributed by atoms with E-state index in [4.69, 9.17) is 4.42 Å². The second-order valence-electron chi connectivity index (χ2n) is 5.60. The van der Waals surface area contributed by atoms with Crippen LogP contribution in [0.15, 0.2) is 41.0 Å². The van der Waals surface area contributed by atoms with Crippen LogP contribution >= 0.6 is 11.3 Å². The highest BCUT2D eigenvalue weighted by molar-refractivity contribution is 7.18. The maximum atomic E-state index is 11.8. The van der Waals surface area contributed by atoms with Gasteiger partial charge in [0.2, 0.25) is 5.91 Å². The summed E-state index contributed by atoms with van der Waals surface area (Å²) in [6, 6.07) is 9.61. The van der Waals surface area contributed by atoms with Crippen molar-refractivity contribution in [3.8, 4) is 0 Å². The molecule has 0 saturated carbocycles. The summed E-state index contributed by atoms with van der Waals surface area (Å²) in [7, 11) is 0. The topological polar surface area (TPSA) is 67.2 Å². The minimum absolute atomic E-state index is 0.0753. The molecule has 0 aliphatic carbocycles. The number of amides is 1. The van der Waals surface area contributed by atoms with Crippen LogP contribution in [0.2, 0.25) is 0 Å². The first kappa shape index (κ1) is 15.6. The molecule has 0 unspecified atom stereocenters. The summed E-state index contributed by atoms with van der Waals surface area (Å²) in [4.78, 5) is 16.5. The second-order valence-corrected chi connectivity index (χ2v) is 6.66. The number of hydrogen-bond acceptors (Lipinski definition) is 5. The molecule has 0 atom stereocenters. The molecular weight excluding hydrogens is 310 g/mol. The number of aromatic nitrogens is 1. The lowest BCUT2D eigenvalue weighted by molar-refractivity contribution is -0.119. The fourth-order valence-electron chi connectivity index (χ4n) is 2.14. The Balaban J connectivity index is 1.57. The van der Waals surface area contributed by atoms with Crippen molar-refractivity contribution in [1.29, 1.82) is 0 Å². The summed E-state index contributed by atoms with van der Waals surface area (Å²) < 4.78 is 6.31. The normalized spacial score (nSPS) is 11.1. The van der Waals surface area contributed by atoms with Crippen molar-refractivity contribution < 1.29 is 9.21 Å². The second kappa shape index (κ2) is 6.83. The SMILES string of the molecule is CC(C)c1nc2ccc(NCC(=O)NCc3ccco3)cc2s1. The zero-order chi connectivity index (χ0) is 16.2. The molecule has 2 N–H and O–H groups in total. The summed E-state index contributed by atoms with van der Waals surface area (Å²) in [6.07, 6.45) is 1.59. The largest absolute Gasteiger partial charge is 0.467 e. The van der Waals surface area contributed by atoms with E-state index < -0.39 is 0 Å². The Morgan fingerprint density at radius 1 is 1.35 bits per heavy atom. The van der Waals surface area contributed by atoms with Gasteiger partial charge in [0, 0.05) is 11.6 Å². The maximum Gasteiger partial charge on any atom is 0.239 e. The summed E-state index contributed by atoms with van der Waals surface area (Å²) >= 11 is 1.70. The summed E-state index contributed by atoms with van der Waals surface area (Å²) in [5, 5.41) is 7.08. The maximum absolute atomic E-state index is 11.8. The van der Waals surface area contributed by atoms with Gasteiger partial charge in [0.05, 0.1) is 34.6 Å². The van der Waals surface area contributed by atoms with E-state index in [1.807, 2.05) is 24.3 Å². The van der Waals surface area contributed by atoms with E-state index in [1.165, 1.54) is 0 Å². The Morgan fingerprint density at radius 2 is 2.22 bits per heavy atom. The van der Waals surface area contributed by atoms with Gasteiger partial charge in [0.25, 0.3) is 0 Å². The molecule has 0 spiro atoms. The van der Waals surface area contributed by atoms with Crippen LogP contribution in [-0.4, -0.2) is 17.4 Å². The lowest BCUT2D eigenvalue weighted by Crippen LogP contribution is -2.29. The molecule has 120 valence electrons. The first-order valence-electron chi connectivity index (χ1n) is 7.55. The van der Waals surface area contributed by atoms with Crippen molar-refractivity contribution in [2.24, 2.45) is 0 Å². The van der Waals surface area contributed by atoms with Gasteiger partial charge in [-0.25, -0.2) is 4.98 Å². The van der Waals surface area contributed by atoms with Crippen LogP contribution in [0.1, 0.15) is 30.5 Å². The first-order chi connectivity index (χ1) is 11.1. The van der Waals surface area contributed by atoms with E-state index in [2.05, 4.69) is 29.5 Å². The van der Waals surface area contributed by atoms with Crippen molar-refractivity contribution in [2.75, 3.05) is 11.9 Å². The van der Waals surface area contributed by atoms with Crippen LogP contribution < -0.4 is 10.6 Å². The van der Waals surface area contributed by atoms with E-state index >= 15 is 0 Å². The Hall–Kier alpha value is -2.34. The number of nitrogens with one attached hydrogen (secondary N) is 2. The number of carbonyl (C=O) groups is 1. The highest BCUT2D eigenvalue weighted by Crippen LogP contribution is 2.29. The van der Waals surface area contributed by atoms with Crippen molar-refractivity contribution in [2.45, 2.75) is 26.3 Å². The third kappa shape index (κ3) is 3.90. The van der Waals surface area contributed by atoms with Gasteiger partial charge < -0.3 is 15.1 Å². The highest BCUT2D eigenvalue weighted by Gasteiger charge is 2.08. The minimum Gasteiger partial charge on any atom is -0.467 e.